The molecule has 1 aliphatic rings. The van der Waals surface area contributed by atoms with E-state index in [0.717, 1.165) is 11.3 Å². The number of non-ortho nitro benzene ring substituents is 1. The molecule has 2 heterocycles. The molecule has 3 N–H and O–H groups in total. The van der Waals surface area contributed by atoms with Crippen LogP contribution in [0.25, 0.3) is 0 Å². The smallest absolute Gasteiger partial charge is 0.269 e. The molecule has 35 heavy (non-hydrogen) atoms. The molecule has 174 valence electrons. The molecule has 0 bridgehead atoms. The number of hydrazone groups is 1. The van der Waals surface area contributed by atoms with E-state index in [2.05, 4.69) is 36.1 Å². The average molecular weight is 470 g/mol. The van der Waals surface area contributed by atoms with Crippen LogP contribution in [0.2, 0.25) is 0 Å². The number of para-hydroxylation sites is 1. The summed E-state index contributed by atoms with van der Waals surface area (Å²) in [5.74, 6) is 2.01. The van der Waals surface area contributed by atoms with Gasteiger partial charge in [-0.1, -0.05) is 18.2 Å². The fourth-order valence-corrected chi connectivity index (χ4v) is 3.14. The third-order valence-electron chi connectivity index (χ3n) is 4.77. The zero-order valence-electron chi connectivity index (χ0n) is 18.1. The van der Waals surface area contributed by atoms with Crippen molar-refractivity contribution in [2.45, 2.75) is 0 Å². The summed E-state index contributed by atoms with van der Waals surface area (Å²) in [4.78, 5) is 23.5. The van der Waals surface area contributed by atoms with Crippen LogP contribution in [0, 0.1) is 10.1 Å². The van der Waals surface area contributed by atoms with E-state index in [1.165, 1.54) is 12.1 Å². The zero-order valence-corrected chi connectivity index (χ0v) is 18.1. The Kier molecular flexibility index (Phi) is 5.98. The largest absolute Gasteiger partial charge is 0.454 e. The highest BCUT2D eigenvalue weighted by atomic mass is 16.7. The van der Waals surface area contributed by atoms with E-state index in [1.54, 1.807) is 24.4 Å². The van der Waals surface area contributed by atoms with Gasteiger partial charge in [0.15, 0.2) is 11.5 Å². The van der Waals surface area contributed by atoms with E-state index in [-0.39, 0.29) is 30.3 Å². The molecule has 0 atom stereocenters. The van der Waals surface area contributed by atoms with E-state index in [9.17, 15) is 10.1 Å². The number of nitro benzene ring substituents is 1. The van der Waals surface area contributed by atoms with Gasteiger partial charge in [0, 0.05) is 23.5 Å². The zero-order chi connectivity index (χ0) is 24.0. The standard InChI is InChI=1S/C23H18N8O4/c32-31(33)18-9-7-17(8-10-18)26-22-27-21(25-16-4-2-1-3-5-16)28-23(29-22)30-24-13-15-6-11-19-20(12-15)35-14-34-19/h1-13H,14H2,(H3,25,26,27,28,29,30). The van der Waals surface area contributed by atoms with Crippen molar-refractivity contribution in [3.05, 3.63) is 88.5 Å². The van der Waals surface area contributed by atoms with Crippen molar-refractivity contribution >= 4 is 41.1 Å². The summed E-state index contributed by atoms with van der Waals surface area (Å²) in [5.41, 5.74) is 4.94. The Labute approximate surface area is 198 Å². The van der Waals surface area contributed by atoms with Crippen LogP contribution in [0.5, 0.6) is 11.5 Å². The lowest BCUT2D eigenvalue weighted by atomic mass is 10.2. The summed E-state index contributed by atoms with van der Waals surface area (Å²) in [7, 11) is 0. The maximum absolute atomic E-state index is 10.9. The maximum Gasteiger partial charge on any atom is 0.269 e. The molecule has 0 saturated heterocycles. The number of nitro groups is 1. The fourth-order valence-electron chi connectivity index (χ4n) is 3.14. The van der Waals surface area contributed by atoms with Gasteiger partial charge in [-0.25, -0.2) is 5.43 Å². The first-order valence-electron chi connectivity index (χ1n) is 10.4. The van der Waals surface area contributed by atoms with E-state index < -0.39 is 4.92 Å². The number of hydrogen-bond acceptors (Lipinski definition) is 11. The van der Waals surface area contributed by atoms with E-state index in [4.69, 9.17) is 9.47 Å². The highest BCUT2D eigenvalue weighted by molar-refractivity contribution is 5.81. The molecule has 0 unspecified atom stereocenters. The number of benzene rings is 3. The van der Waals surface area contributed by atoms with Crippen LogP contribution in [-0.2, 0) is 0 Å². The summed E-state index contributed by atoms with van der Waals surface area (Å²) >= 11 is 0. The molecular formula is C23H18N8O4. The molecule has 12 heteroatoms. The number of aromatic nitrogens is 3. The van der Waals surface area contributed by atoms with Gasteiger partial charge in [-0.15, -0.1) is 0 Å². The maximum atomic E-state index is 10.9. The van der Waals surface area contributed by atoms with Gasteiger partial charge in [-0.2, -0.15) is 20.1 Å². The molecule has 0 radical (unpaired) electrons. The van der Waals surface area contributed by atoms with E-state index >= 15 is 0 Å². The van der Waals surface area contributed by atoms with Crippen molar-refractivity contribution in [1.82, 2.24) is 15.0 Å². The van der Waals surface area contributed by atoms with Crippen LogP contribution in [0.1, 0.15) is 5.56 Å². The predicted octanol–water partition coefficient (Wildman–Crippen LogP) is 4.44. The van der Waals surface area contributed by atoms with Gasteiger partial charge in [0.25, 0.3) is 5.69 Å². The minimum atomic E-state index is -0.464. The van der Waals surface area contributed by atoms with Gasteiger partial charge < -0.3 is 20.1 Å². The van der Waals surface area contributed by atoms with Crippen LogP contribution in [-0.4, -0.2) is 32.9 Å². The van der Waals surface area contributed by atoms with Gasteiger partial charge in [-0.05, 0) is 48.0 Å². The lowest BCUT2D eigenvalue weighted by Gasteiger charge is -2.10. The summed E-state index contributed by atoms with van der Waals surface area (Å²) in [6.07, 6.45) is 1.60. The quantitative estimate of drug-likeness (QED) is 0.192. The first-order chi connectivity index (χ1) is 17.1. The topological polar surface area (TPSA) is 149 Å². The fraction of sp³-hybridized carbons (Fsp3) is 0.0435. The normalized spacial score (nSPS) is 11.9. The van der Waals surface area contributed by atoms with Crippen LogP contribution >= 0.6 is 0 Å². The molecule has 1 aliphatic heterocycles. The van der Waals surface area contributed by atoms with E-state index in [0.29, 0.717) is 17.2 Å². The number of fused-ring (bicyclic) bond motifs is 1. The Morgan fingerprint density at radius 3 is 2.20 bits per heavy atom. The minimum absolute atomic E-state index is 0.0159. The second kappa shape index (κ2) is 9.70. The van der Waals surface area contributed by atoms with Crippen molar-refractivity contribution in [3.63, 3.8) is 0 Å². The molecule has 4 aromatic rings. The number of rotatable bonds is 8. The average Bonchev–Trinajstić information content (AvgIpc) is 3.33. The van der Waals surface area contributed by atoms with Gasteiger partial charge in [-0.3, -0.25) is 10.1 Å². The van der Waals surface area contributed by atoms with Crippen molar-refractivity contribution in [2.75, 3.05) is 22.9 Å². The molecule has 0 spiro atoms. The Hall–Kier alpha value is -5.26. The van der Waals surface area contributed by atoms with Crippen molar-refractivity contribution in [3.8, 4) is 11.5 Å². The lowest BCUT2D eigenvalue weighted by Crippen LogP contribution is -2.07. The van der Waals surface area contributed by atoms with Gasteiger partial charge >= 0.3 is 0 Å². The predicted molar refractivity (Wildman–Crippen MR) is 130 cm³/mol. The summed E-state index contributed by atoms with van der Waals surface area (Å²) in [6, 6.07) is 20.8. The Balaban J connectivity index is 1.37. The number of hydrogen-bond donors (Lipinski definition) is 3. The van der Waals surface area contributed by atoms with Gasteiger partial charge in [0.2, 0.25) is 24.6 Å². The monoisotopic (exact) mass is 470 g/mol. The molecule has 0 aliphatic carbocycles. The molecule has 1 aromatic heterocycles. The van der Waals surface area contributed by atoms with Crippen LogP contribution in [0.3, 0.4) is 0 Å². The molecule has 5 rings (SSSR count). The van der Waals surface area contributed by atoms with Crippen LogP contribution in [0.15, 0.2) is 77.9 Å². The highest BCUT2D eigenvalue weighted by Crippen LogP contribution is 2.32. The van der Waals surface area contributed by atoms with Crippen molar-refractivity contribution < 1.29 is 14.4 Å². The van der Waals surface area contributed by atoms with Gasteiger partial charge in [0.05, 0.1) is 11.1 Å². The second-order valence-electron chi connectivity index (χ2n) is 7.21. The van der Waals surface area contributed by atoms with Crippen molar-refractivity contribution in [2.24, 2.45) is 5.10 Å². The number of nitrogens with one attached hydrogen (secondary N) is 3. The lowest BCUT2D eigenvalue weighted by molar-refractivity contribution is -0.384. The molecule has 12 nitrogen and oxygen atoms in total. The summed E-state index contributed by atoms with van der Waals surface area (Å²) in [6.45, 7) is 0.195. The summed E-state index contributed by atoms with van der Waals surface area (Å²) in [5, 5.41) is 21.3. The number of anilines is 5. The first-order valence-corrected chi connectivity index (χ1v) is 10.4. The van der Waals surface area contributed by atoms with Crippen LogP contribution < -0.4 is 25.5 Å². The number of ether oxygens (including phenoxy) is 2. The van der Waals surface area contributed by atoms with E-state index in [1.807, 2.05) is 42.5 Å². The third kappa shape index (κ3) is 5.39. The minimum Gasteiger partial charge on any atom is -0.454 e. The van der Waals surface area contributed by atoms with Crippen LogP contribution in [0.4, 0.5) is 34.9 Å². The van der Waals surface area contributed by atoms with Crippen molar-refractivity contribution in [1.29, 1.82) is 0 Å². The Morgan fingerprint density at radius 1 is 0.829 bits per heavy atom. The molecule has 0 amide bonds. The second-order valence-corrected chi connectivity index (χ2v) is 7.21. The first kappa shape index (κ1) is 21.6. The number of nitrogens with zero attached hydrogens (tertiary/aromatic N) is 5. The Bertz CT molecular complexity index is 1380. The molecular weight excluding hydrogens is 452 g/mol. The SMILES string of the molecule is O=[N+]([O-])c1ccc(Nc2nc(NN=Cc3ccc4c(c3)OCO4)nc(Nc3ccccc3)n2)cc1. The molecule has 0 fully saturated rings. The highest BCUT2D eigenvalue weighted by Gasteiger charge is 2.13. The van der Waals surface area contributed by atoms with Gasteiger partial charge in [0.1, 0.15) is 0 Å². The molecule has 3 aromatic carbocycles. The third-order valence-corrected chi connectivity index (χ3v) is 4.77. The molecule has 0 saturated carbocycles. The Morgan fingerprint density at radius 2 is 1.49 bits per heavy atom. The summed E-state index contributed by atoms with van der Waals surface area (Å²) < 4.78 is 10.7.